The lowest BCUT2D eigenvalue weighted by Gasteiger charge is -2.17. The third kappa shape index (κ3) is 2.55. The van der Waals surface area contributed by atoms with Gasteiger partial charge in [-0.05, 0) is 47.6 Å². The molecule has 0 amide bonds. The second-order valence-electron chi connectivity index (χ2n) is 6.03. The van der Waals surface area contributed by atoms with Gasteiger partial charge in [-0.25, -0.2) is 9.37 Å². The summed E-state index contributed by atoms with van der Waals surface area (Å²) in [5.74, 6) is -1.25. The molecule has 0 aliphatic heterocycles. The van der Waals surface area contributed by atoms with Crippen LogP contribution in [0.2, 0.25) is 5.15 Å². The molecule has 0 fully saturated rings. The molecular formula is C18H16ClFN2O2. The molecule has 3 aromatic rings. The summed E-state index contributed by atoms with van der Waals surface area (Å²) in [5, 5.41) is 10.6. The van der Waals surface area contributed by atoms with Gasteiger partial charge in [-0.1, -0.05) is 25.4 Å². The maximum atomic E-state index is 13.8. The largest absolute Gasteiger partial charge is 0.505 e. The Labute approximate surface area is 143 Å². The monoisotopic (exact) mass is 346 g/mol. The van der Waals surface area contributed by atoms with E-state index >= 15 is 0 Å². The van der Waals surface area contributed by atoms with Gasteiger partial charge in [-0.2, -0.15) is 0 Å². The Balaban J connectivity index is 2.49. The van der Waals surface area contributed by atoms with Gasteiger partial charge in [0.2, 0.25) is 0 Å². The molecule has 0 radical (unpaired) electrons. The molecule has 1 N–H and O–H groups in total. The lowest BCUT2D eigenvalue weighted by Crippen LogP contribution is -2.21. The van der Waals surface area contributed by atoms with Crippen LogP contribution in [-0.2, 0) is 0 Å². The van der Waals surface area contributed by atoms with Crippen LogP contribution in [0.4, 0.5) is 4.39 Å². The molecule has 124 valence electrons. The third-order valence-corrected chi connectivity index (χ3v) is 4.34. The fraction of sp³-hybridized carbons (Fsp3) is 0.222. The van der Waals surface area contributed by atoms with Crippen molar-refractivity contribution in [2.75, 3.05) is 0 Å². The molecule has 0 saturated heterocycles. The number of benzene rings is 1. The van der Waals surface area contributed by atoms with E-state index in [0.717, 1.165) is 17.2 Å². The molecule has 2 aromatic heterocycles. The SMILES string of the molecule is Cc1ccnc(Cl)c1-n1cc(C(C)C)c2cc(O)c(F)cc2c1=O. The number of pyridine rings is 2. The molecule has 2 heterocycles. The molecule has 0 spiro atoms. The number of aromatic nitrogens is 2. The second kappa shape index (κ2) is 5.91. The second-order valence-corrected chi connectivity index (χ2v) is 6.39. The first-order valence-electron chi connectivity index (χ1n) is 7.50. The van der Waals surface area contributed by atoms with Crippen molar-refractivity contribution in [1.82, 2.24) is 9.55 Å². The highest BCUT2D eigenvalue weighted by molar-refractivity contribution is 6.31. The fourth-order valence-electron chi connectivity index (χ4n) is 2.81. The van der Waals surface area contributed by atoms with E-state index in [9.17, 15) is 14.3 Å². The summed E-state index contributed by atoms with van der Waals surface area (Å²) < 4.78 is 15.2. The Bertz CT molecular complexity index is 992. The number of hydrogen-bond donors (Lipinski definition) is 1. The van der Waals surface area contributed by atoms with Crippen molar-refractivity contribution in [1.29, 1.82) is 0 Å². The van der Waals surface area contributed by atoms with Crippen molar-refractivity contribution in [3.8, 4) is 11.4 Å². The smallest absolute Gasteiger partial charge is 0.263 e. The van der Waals surface area contributed by atoms with E-state index in [1.807, 2.05) is 20.8 Å². The van der Waals surface area contributed by atoms with Gasteiger partial charge >= 0.3 is 0 Å². The van der Waals surface area contributed by atoms with Crippen molar-refractivity contribution < 1.29 is 9.50 Å². The van der Waals surface area contributed by atoms with Crippen LogP contribution >= 0.6 is 11.6 Å². The molecule has 0 atom stereocenters. The Morgan fingerprint density at radius 2 is 2.00 bits per heavy atom. The maximum Gasteiger partial charge on any atom is 0.263 e. The van der Waals surface area contributed by atoms with Crippen molar-refractivity contribution >= 4 is 22.4 Å². The number of aromatic hydroxyl groups is 1. The van der Waals surface area contributed by atoms with Gasteiger partial charge < -0.3 is 5.11 Å². The van der Waals surface area contributed by atoms with Gasteiger partial charge in [-0.3, -0.25) is 9.36 Å². The van der Waals surface area contributed by atoms with Crippen LogP contribution < -0.4 is 5.56 Å². The summed E-state index contributed by atoms with van der Waals surface area (Å²) in [7, 11) is 0. The number of rotatable bonds is 2. The predicted octanol–water partition coefficient (Wildman–Crippen LogP) is 4.32. The highest BCUT2D eigenvalue weighted by Crippen LogP contribution is 2.30. The number of nitrogens with zero attached hydrogens (tertiary/aromatic N) is 2. The molecular weight excluding hydrogens is 331 g/mol. The summed E-state index contributed by atoms with van der Waals surface area (Å²) in [6, 6.07) is 4.11. The van der Waals surface area contributed by atoms with Gasteiger partial charge in [-0.15, -0.1) is 0 Å². The van der Waals surface area contributed by atoms with Crippen LogP contribution in [0.15, 0.2) is 35.4 Å². The highest BCUT2D eigenvalue weighted by atomic mass is 35.5. The predicted molar refractivity (Wildman–Crippen MR) is 92.8 cm³/mol. The number of fused-ring (bicyclic) bond motifs is 1. The highest BCUT2D eigenvalue weighted by Gasteiger charge is 2.18. The van der Waals surface area contributed by atoms with Gasteiger partial charge in [0.1, 0.15) is 0 Å². The topological polar surface area (TPSA) is 55.1 Å². The van der Waals surface area contributed by atoms with Crippen molar-refractivity contribution in [2.24, 2.45) is 0 Å². The quantitative estimate of drug-likeness (QED) is 0.703. The molecule has 0 saturated carbocycles. The van der Waals surface area contributed by atoms with E-state index in [1.54, 1.807) is 18.5 Å². The first-order chi connectivity index (χ1) is 11.3. The van der Waals surface area contributed by atoms with E-state index in [1.165, 1.54) is 10.6 Å². The van der Waals surface area contributed by atoms with Gasteiger partial charge in [0.05, 0.1) is 11.1 Å². The zero-order valence-corrected chi connectivity index (χ0v) is 14.2. The number of halogens is 2. The average molecular weight is 347 g/mol. The van der Waals surface area contributed by atoms with Gasteiger partial charge in [0, 0.05) is 12.4 Å². The van der Waals surface area contributed by atoms with E-state index in [-0.39, 0.29) is 16.5 Å². The van der Waals surface area contributed by atoms with Crippen molar-refractivity contribution in [3.63, 3.8) is 0 Å². The first kappa shape index (κ1) is 16.5. The Hall–Kier alpha value is -2.40. The molecule has 6 heteroatoms. The maximum absolute atomic E-state index is 13.8. The van der Waals surface area contributed by atoms with Crippen LogP contribution in [0.5, 0.6) is 5.75 Å². The molecule has 1 aromatic carbocycles. The van der Waals surface area contributed by atoms with Crippen molar-refractivity contribution in [2.45, 2.75) is 26.7 Å². The minimum atomic E-state index is -0.832. The minimum absolute atomic E-state index is 0.0555. The lowest BCUT2D eigenvalue weighted by atomic mass is 9.98. The lowest BCUT2D eigenvalue weighted by molar-refractivity contribution is 0.433. The van der Waals surface area contributed by atoms with Crippen LogP contribution in [0, 0.1) is 12.7 Å². The van der Waals surface area contributed by atoms with Crippen LogP contribution in [0.3, 0.4) is 0 Å². The Morgan fingerprint density at radius 1 is 1.29 bits per heavy atom. The van der Waals surface area contributed by atoms with E-state index in [0.29, 0.717) is 11.1 Å². The summed E-state index contributed by atoms with van der Waals surface area (Å²) in [6.07, 6.45) is 3.25. The number of phenols is 1. The zero-order valence-electron chi connectivity index (χ0n) is 13.5. The standard InChI is InChI=1S/C18H16ClFN2O2/c1-9(2)13-8-22(16-10(3)4-5-21-17(16)19)18(24)12-6-14(20)15(23)7-11(12)13/h4-9,23H,1-3H3. The number of aryl methyl sites for hydroxylation is 1. The van der Waals surface area contributed by atoms with Crippen LogP contribution in [0.1, 0.15) is 30.9 Å². The summed E-state index contributed by atoms with van der Waals surface area (Å²) in [5.41, 5.74) is 1.65. The summed E-state index contributed by atoms with van der Waals surface area (Å²) >= 11 is 6.19. The number of phenolic OH excluding ortho intramolecular Hbond substituents is 1. The fourth-order valence-corrected chi connectivity index (χ4v) is 3.10. The van der Waals surface area contributed by atoms with Crippen LogP contribution in [-0.4, -0.2) is 14.7 Å². The molecule has 0 bridgehead atoms. The van der Waals surface area contributed by atoms with Gasteiger partial charge in [0.25, 0.3) is 5.56 Å². The van der Waals surface area contributed by atoms with E-state index in [2.05, 4.69) is 4.98 Å². The Kier molecular flexibility index (Phi) is 4.05. The minimum Gasteiger partial charge on any atom is -0.505 e. The summed E-state index contributed by atoms with van der Waals surface area (Å²) in [4.78, 5) is 16.9. The molecule has 0 unspecified atom stereocenters. The average Bonchev–Trinajstić information content (AvgIpc) is 2.51. The summed E-state index contributed by atoms with van der Waals surface area (Å²) in [6.45, 7) is 5.75. The molecule has 0 aliphatic rings. The third-order valence-electron chi connectivity index (χ3n) is 4.06. The zero-order chi connectivity index (χ0) is 17.6. The normalized spacial score (nSPS) is 11.4. The Morgan fingerprint density at radius 3 is 2.62 bits per heavy atom. The van der Waals surface area contributed by atoms with E-state index < -0.39 is 17.1 Å². The van der Waals surface area contributed by atoms with Crippen molar-refractivity contribution in [3.05, 3.63) is 63.0 Å². The van der Waals surface area contributed by atoms with Gasteiger partial charge in [0.15, 0.2) is 16.7 Å². The molecule has 4 nitrogen and oxygen atoms in total. The van der Waals surface area contributed by atoms with Crippen LogP contribution in [0.25, 0.3) is 16.5 Å². The first-order valence-corrected chi connectivity index (χ1v) is 7.88. The molecule has 24 heavy (non-hydrogen) atoms. The number of hydrogen-bond acceptors (Lipinski definition) is 3. The molecule has 3 rings (SSSR count). The molecule has 0 aliphatic carbocycles. The van der Waals surface area contributed by atoms with E-state index in [4.69, 9.17) is 11.6 Å².